The first-order valence-corrected chi connectivity index (χ1v) is 8.98. The molecule has 3 aromatic heterocycles. The molecule has 0 spiro atoms. The fourth-order valence-corrected chi connectivity index (χ4v) is 3.48. The Balaban J connectivity index is 1.43. The molecule has 1 aliphatic rings. The first-order chi connectivity index (χ1) is 12.8. The van der Waals surface area contributed by atoms with E-state index in [1.807, 2.05) is 36.1 Å². The van der Waals surface area contributed by atoms with Crippen LogP contribution in [0, 0.1) is 0 Å². The molecular weight excluding hydrogens is 326 g/mol. The molecule has 0 aromatic carbocycles. The molecule has 3 aromatic rings. The van der Waals surface area contributed by atoms with E-state index >= 15 is 0 Å². The SMILES string of the molecule is Cn1cc(CNC2CCCN(c3cccnn3)C2)c(-c2cccnc2)n1. The van der Waals surface area contributed by atoms with Gasteiger partial charge in [-0.25, -0.2) is 0 Å². The van der Waals surface area contributed by atoms with Crippen molar-refractivity contribution < 1.29 is 0 Å². The van der Waals surface area contributed by atoms with E-state index < -0.39 is 0 Å². The average Bonchev–Trinajstić information content (AvgIpc) is 3.09. The van der Waals surface area contributed by atoms with Crippen molar-refractivity contribution in [3.05, 3.63) is 54.6 Å². The number of nitrogens with zero attached hydrogens (tertiary/aromatic N) is 6. The maximum Gasteiger partial charge on any atom is 0.151 e. The van der Waals surface area contributed by atoms with Gasteiger partial charge in [0.25, 0.3) is 0 Å². The maximum atomic E-state index is 4.62. The zero-order valence-corrected chi connectivity index (χ0v) is 14.9. The average molecular weight is 349 g/mol. The summed E-state index contributed by atoms with van der Waals surface area (Å²) in [7, 11) is 1.96. The molecule has 0 bridgehead atoms. The van der Waals surface area contributed by atoms with E-state index in [0.717, 1.165) is 43.1 Å². The van der Waals surface area contributed by atoms with Gasteiger partial charge in [-0.3, -0.25) is 9.67 Å². The first-order valence-electron chi connectivity index (χ1n) is 8.98. The van der Waals surface area contributed by atoms with Gasteiger partial charge in [-0.2, -0.15) is 10.2 Å². The second-order valence-electron chi connectivity index (χ2n) is 6.67. The van der Waals surface area contributed by atoms with Crippen LogP contribution in [0.5, 0.6) is 0 Å². The lowest BCUT2D eigenvalue weighted by Gasteiger charge is -2.33. The number of anilines is 1. The highest BCUT2D eigenvalue weighted by Gasteiger charge is 2.21. The molecule has 0 aliphatic carbocycles. The number of nitrogens with one attached hydrogen (secondary N) is 1. The number of pyridine rings is 1. The second kappa shape index (κ2) is 7.61. The highest BCUT2D eigenvalue weighted by molar-refractivity contribution is 5.61. The zero-order chi connectivity index (χ0) is 17.8. The van der Waals surface area contributed by atoms with Crippen molar-refractivity contribution in [3.8, 4) is 11.3 Å². The normalized spacial score (nSPS) is 17.4. The highest BCUT2D eigenvalue weighted by Crippen LogP contribution is 2.22. The summed E-state index contributed by atoms with van der Waals surface area (Å²) in [5.41, 5.74) is 3.24. The molecule has 0 saturated carbocycles. The van der Waals surface area contributed by atoms with E-state index in [-0.39, 0.29) is 0 Å². The molecular formula is C19H23N7. The third-order valence-electron chi connectivity index (χ3n) is 4.72. The minimum Gasteiger partial charge on any atom is -0.354 e. The Bertz CT molecular complexity index is 832. The molecule has 1 atom stereocenters. The van der Waals surface area contributed by atoms with E-state index in [1.165, 1.54) is 12.0 Å². The highest BCUT2D eigenvalue weighted by atomic mass is 15.3. The third-order valence-corrected chi connectivity index (χ3v) is 4.72. The largest absolute Gasteiger partial charge is 0.354 e. The molecule has 1 aliphatic heterocycles. The van der Waals surface area contributed by atoms with Crippen molar-refractivity contribution in [1.82, 2.24) is 30.3 Å². The Morgan fingerprint density at radius 1 is 1.23 bits per heavy atom. The van der Waals surface area contributed by atoms with Gasteiger partial charge in [-0.1, -0.05) is 0 Å². The van der Waals surface area contributed by atoms with E-state index in [9.17, 15) is 0 Å². The predicted octanol–water partition coefficient (Wildman–Crippen LogP) is 2.03. The van der Waals surface area contributed by atoms with E-state index in [2.05, 4.69) is 42.8 Å². The zero-order valence-electron chi connectivity index (χ0n) is 14.9. The summed E-state index contributed by atoms with van der Waals surface area (Å²) in [6, 6.07) is 8.38. The van der Waals surface area contributed by atoms with E-state index in [4.69, 9.17) is 0 Å². The van der Waals surface area contributed by atoms with Crippen LogP contribution in [-0.2, 0) is 13.6 Å². The minimum absolute atomic E-state index is 0.424. The Hall–Kier alpha value is -2.80. The van der Waals surface area contributed by atoms with Crippen LogP contribution in [0.15, 0.2) is 49.1 Å². The van der Waals surface area contributed by atoms with Crippen LogP contribution in [0.2, 0.25) is 0 Å². The summed E-state index contributed by atoms with van der Waals surface area (Å²) < 4.78 is 1.87. The van der Waals surface area contributed by atoms with E-state index in [1.54, 1.807) is 12.4 Å². The molecule has 1 unspecified atom stereocenters. The van der Waals surface area contributed by atoms with E-state index in [0.29, 0.717) is 6.04 Å². The Labute approximate surface area is 153 Å². The first kappa shape index (κ1) is 16.7. The lowest BCUT2D eigenvalue weighted by atomic mass is 10.0. The van der Waals surface area contributed by atoms with Gasteiger partial charge >= 0.3 is 0 Å². The van der Waals surface area contributed by atoms with Crippen LogP contribution in [0.3, 0.4) is 0 Å². The molecule has 1 saturated heterocycles. The molecule has 0 radical (unpaired) electrons. The molecule has 7 heteroatoms. The number of piperidine rings is 1. The van der Waals surface area contributed by atoms with Crippen LogP contribution in [0.25, 0.3) is 11.3 Å². The Kier molecular flexibility index (Phi) is 4.88. The quantitative estimate of drug-likeness (QED) is 0.760. The molecule has 4 rings (SSSR count). The van der Waals surface area contributed by atoms with Crippen molar-refractivity contribution in [2.45, 2.75) is 25.4 Å². The van der Waals surface area contributed by atoms with Gasteiger partial charge in [-0.15, -0.1) is 5.10 Å². The summed E-state index contributed by atoms with van der Waals surface area (Å²) in [5, 5.41) is 16.6. The van der Waals surface area contributed by atoms with Crippen molar-refractivity contribution in [2.24, 2.45) is 7.05 Å². The summed E-state index contributed by atoms with van der Waals surface area (Å²) in [5.74, 6) is 0.955. The lowest BCUT2D eigenvalue weighted by molar-refractivity contribution is 0.419. The lowest BCUT2D eigenvalue weighted by Crippen LogP contribution is -2.45. The van der Waals surface area contributed by atoms with Crippen molar-refractivity contribution in [3.63, 3.8) is 0 Å². The molecule has 134 valence electrons. The van der Waals surface area contributed by atoms with Gasteiger partial charge in [0.15, 0.2) is 5.82 Å². The van der Waals surface area contributed by atoms with Crippen LogP contribution in [-0.4, -0.2) is 44.1 Å². The standard InChI is InChI=1S/C19H23N7/c1-25-13-16(19(24-25)15-5-2-8-20-11-15)12-21-17-6-4-10-26(14-17)18-7-3-9-22-23-18/h2-3,5,7-9,11,13,17,21H,4,6,10,12,14H2,1H3. The maximum absolute atomic E-state index is 4.62. The minimum atomic E-state index is 0.424. The summed E-state index contributed by atoms with van der Waals surface area (Å²) in [6.45, 7) is 2.77. The van der Waals surface area contributed by atoms with Crippen LogP contribution in [0.4, 0.5) is 5.82 Å². The van der Waals surface area contributed by atoms with Crippen LogP contribution < -0.4 is 10.2 Å². The Morgan fingerprint density at radius 3 is 2.96 bits per heavy atom. The number of aromatic nitrogens is 5. The van der Waals surface area contributed by atoms with Gasteiger partial charge in [0.05, 0.1) is 5.69 Å². The van der Waals surface area contributed by atoms with Crippen LogP contribution in [0.1, 0.15) is 18.4 Å². The fourth-order valence-electron chi connectivity index (χ4n) is 3.48. The van der Waals surface area contributed by atoms with Gasteiger partial charge in [0.1, 0.15) is 0 Å². The summed E-state index contributed by atoms with van der Waals surface area (Å²) >= 11 is 0. The molecule has 7 nitrogen and oxygen atoms in total. The topological polar surface area (TPSA) is 71.8 Å². The number of aryl methyl sites for hydroxylation is 1. The van der Waals surface area contributed by atoms with Gasteiger partial charge in [0.2, 0.25) is 0 Å². The molecule has 26 heavy (non-hydrogen) atoms. The van der Waals surface area contributed by atoms with Crippen LogP contribution >= 0.6 is 0 Å². The van der Waals surface area contributed by atoms with Gasteiger partial charge in [0, 0.05) is 68.6 Å². The fraction of sp³-hybridized carbons (Fsp3) is 0.368. The summed E-state index contributed by atoms with van der Waals surface area (Å²) in [4.78, 5) is 6.52. The van der Waals surface area contributed by atoms with Crippen molar-refractivity contribution >= 4 is 5.82 Å². The Morgan fingerprint density at radius 2 is 2.15 bits per heavy atom. The predicted molar refractivity (Wildman–Crippen MR) is 101 cm³/mol. The van der Waals surface area contributed by atoms with Crippen molar-refractivity contribution in [2.75, 3.05) is 18.0 Å². The monoisotopic (exact) mass is 349 g/mol. The molecule has 1 N–H and O–H groups in total. The molecule has 4 heterocycles. The number of hydrogen-bond donors (Lipinski definition) is 1. The number of hydrogen-bond acceptors (Lipinski definition) is 6. The summed E-state index contributed by atoms with van der Waals surface area (Å²) in [6.07, 6.45) is 9.76. The van der Waals surface area contributed by atoms with Crippen molar-refractivity contribution in [1.29, 1.82) is 0 Å². The smallest absolute Gasteiger partial charge is 0.151 e. The number of rotatable bonds is 5. The second-order valence-corrected chi connectivity index (χ2v) is 6.67. The molecule has 0 amide bonds. The van der Waals surface area contributed by atoms with Gasteiger partial charge < -0.3 is 10.2 Å². The van der Waals surface area contributed by atoms with Gasteiger partial charge in [-0.05, 0) is 37.1 Å². The molecule has 1 fully saturated rings. The third kappa shape index (κ3) is 3.72.